The Labute approximate surface area is 126 Å². The van der Waals surface area contributed by atoms with Crippen LogP contribution >= 0.6 is 0 Å². The van der Waals surface area contributed by atoms with Crippen LogP contribution in [0.3, 0.4) is 0 Å². The van der Waals surface area contributed by atoms with Gasteiger partial charge in [0.05, 0.1) is 12.2 Å². The number of nitrogens with zero attached hydrogens (tertiary/aromatic N) is 1. The number of carbonyl (C=O) groups excluding carboxylic acids is 1. The summed E-state index contributed by atoms with van der Waals surface area (Å²) in [5, 5.41) is 7.98. The van der Waals surface area contributed by atoms with Gasteiger partial charge < -0.3 is 16.0 Å². The van der Waals surface area contributed by atoms with E-state index in [0.717, 1.165) is 18.7 Å². The topological polar surface area (TPSA) is 65.5 Å². The molecule has 120 valence electrons. The minimum absolute atomic E-state index is 0.178. The first-order valence-corrected chi connectivity index (χ1v) is 6.89. The van der Waals surface area contributed by atoms with Crippen LogP contribution < -0.4 is 16.0 Å². The Morgan fingerprint density at radius 3 is 2.59 bits per heavy atom. The molecule has 0 radical (unpaired) electrons. The van der Waals surface area contributed by atoms with E-state index in [9.17, 15) is 18.0 Å². The van der Waals surface area contributed by atoms with Crippen LogP contribution in [-0.4, -0.2) is 32.0 Å². The average Bonchev–Trinajstić information content (AvgIpc) is 3.32. The number of amides is 1. The molecule has 0 saturated heterocycles. The summed E-state index contributed by atoms with van der Waals surface area (Å²) in [6, 6.07) is 1.71. The van der Waals surface area contributed by atoms with E-state index in [0.29, 0.717) is 11.9 Å². The fraction of sp³-hybridized carbons (Fsp3) is 0.429. The zero-order chi connectivity index (χ0) is 16.1. The highest BCUT2D eigenvalue weighted by molar-refractivity contribution is 5.95. The van der Waals surface area contributed by atoms with E-state index in [1.807, 2.05) is 0 Å². The molecule has 1 fully saturated rings. The van der Waals surface area contributed by atoms with Crippen molar-refractivity contribution in [2.24, 2.45) is 10.9 Å². The number of nitrogens with one attached hydrogen (secondary N) is 3. The Hall–Kier alpha value is -2.25. The number of hydrogen-bond acceptors (Lipinski definition) is 2. The fourth-order valence-electron chi connectivity index (χ4n) is 1.76. The molecule has 0 aliphatic heterocycles. The second-order valence-corrected chi connectivity index (χ2v) is 5.02. The van der Waals surface area contributed by atoms with E-state index in [2.05, 4.69) is 20.9 Å². The lowest BCUT2D eigenvalue weighted by molar-refractivity contribution is -0.115. The molecule has 5 nitrogen and oxygen atoms in total. The Balaban J connectivity index is 1.83. The van der Waals surface area contributed by atoms with Gasteiger partial charge in [-0.05, 0) is 30.9 Å². The zero-order valence-electron chi connectivity index (χ0n) is 12.0. The summed E-state index contributed by atoms with van der Waals surface area (Å²) in [5.41, 5.74) is -0.411. The third-order valence-corrected chi connectivity index (χ3v) is 3.20. The van der Waals surface area contributed by atoms with Crippen molar-refractivity contribution in [2.75, 3.05) is 25.5 Å². The second kappa shape index (κ2) is 7.15. The molecule has 1 saturated carbocycles. The number of benzene rings is 1. The van der Waals surface area contributed by atoms with Gasteiger partial charge in [-0.2, -0.15) is 0 Å². The van der Waals surface area contributed by atoms with Crippen LogP contribution in [0.5, 0.6) is 0 Å². The van der Waals surface area contributed by atoms with Gasteiger partial charge in [-0.3, -0.25) is 9.79 Å². The van der Waals surface area contributed by atoms with Crippen molar-refractivity contribution in [3.63, 3.8) is 0 Å². The normalized spacial score (nSPS) is 14.6. The van der Waals surface area contributed by atoms with Crippen molar-refractivity contribution in [2.45, 2.75) is 12.8 Å². The van der Waals surface area contributed by atoms with Crippen molar-refractivity contribution < 1.29 is 18.0 Å². The maximum Gasteiger partial charge on any atom is 0.243 e. The Morgan fingerprint density at radius 1 is 1.23 bits per heavy atom. The quantitative estimate of drug-likeness (QED) is 0.439. The van der Waals surface area contributed by atoms with Crippen LogP contribution in [0.25, 0.3) is 0 Å². The summed E-state index contributed by atoms with van der Waals surface area (Å²) < 4.78 is 39.3. The van der Waals surface area contributed by atoms with Crippen LogP contribution in [-0.2, 0) is 4.79 Å². The number of guanidine groups is 1. The van der Waals surface area contributed by atoms with Crippen molar-refractivity contribution in [3.8, 4) is 0 Å². The number of rotatable bonds is 5. The van der Waals surface area contributed by atoms with Gasteiger partial charge in [-0.1, -0.05) is 0 Å². The molecule has 0 atom stereocenters. The fourth-order valence-corrected chi connectivity index (χ4v) is 1.76. The molecule has 0 bridgehead atoms. The molecular formula is C14H17F3N4O. The molecule has 22 heavy (non-hydrogen) atoms. The SMILES string of the molecule is CN=C(NCC(=O)Nc1ccc(F)c(F)c1F)NCC1CC1. The van der Waals surface area contributed by atoms with E-state index >= 15 is 0 Å². The first kappa shape index (κ1) is 16.1. The zero-order valence-corrected chi connectivity index (χ0v) is 12.0. The summed E-state index contributed by atoms with van der Waals surface area (Å²) in [4.78, 5) is 15.6. The molecule has 0 aromatic heterocycles. The lowest BCUT2D eigenvalue weighted by atomic mass is 10.2. The van der Waals surface area contributed by atoms with Crippen LogP contribution in [0.1, 0.15) is 12.8 Å². The molecule has 1 aliphatic rings. The Morgan fingerprint density at radius 2 is 1.95 bits per heavy atom. The highest BCUT2D eigenvalue weighted by atomic mass is 19.2. The van der Waals surface area contributed by atoms with E-state index in [-0.39, 0.29) is 6.54 Å². The molecule has 0 unspecified atom stereocenters. The molecule has 1 aromatic rings. The minimum Gasteiger partial charge on any atom is -0.356 e. The summed E-state index contributed by atoms with van der Waals surface area (Å²) in [6.07, 6.45) is 2.36. The molecular weight excluding hydrogens is 297 g/mol. The third-order valence-electron chi connectivity index (χ3n) is 3.20. The Bertz CT molecular complexity index is 588. The Kier molecular flexibility index (Phi) is 5.24. The van der Waals surface area contributed by atoms with E-state index in [1.165, 1.54) is 12.8 Å². The summed E-state index contributed by atoms with van der Waals surface area (Å²) in [7, 11) is 1.56. The number of carbonyl (C=O) groups is 1. The van der Waals surface area contributed by atoms with Gasteiger partial charge >= 0.3 is 0 Å². The predicted octanol–water partition coefficient (Wildman–Crippen LogP) is 1.62. The number of halogens is 3. The molecule has 0 heterocycles. The van der Waals surface area contributed by atoms with Crippen molar-refractivity contribution in [1.82, 2.24) is 10.6 Å². The van der Waals surface area contributed by atoms with Crippen LogP contribution in [0, 0.1) is 23.4 Å². The van der Waals surface area contributed by atoms with Crippen molar-refractivity contribution >= 4 is 17.6 Å². The molecule has 8 heteroatoms. The molecule has 1 amide bonds. The average molecular weight is 314 g/mol. The smallest absolute Gasteiger partial charge is 0.243 e. The highest BCUT2D eigenvalue weighted by Crippen LogP contribution is 2.27. The predicted molar refractivity (Wildman–Crippen MR) is 77.0 cm³/mol. The maximum absolute atomic E-state index is 13.4. The number of hydrogen-bond donors (Lipinski definition) is 3. The first-order valence-electron chi connectivity index (χ1n) is 6.89. The molecule has 0 spiro atoms. The standard InChI is InChI=1S/C14H17F3N4O/c1-18-14(19-6-8-2-3-8)20-7-11(22)21-10-5-4-9(15)12(16)13(10)17/h4-5,8H,2-3,6-7H2,1H3,(H,21,22)(H2,18,19,20). The van der Waals surface area contributed by atoms with Gasteiger partial charge in [0.2, 0.25) is 5.91 Å². The molecule has 2 rings (SSSR count). The van der Waals surface area contributed by atoms with Crippen molar-refractivity contribution in [1.29, 1.82) is 0 Å². The minimum atomic E-state index is -1.62. The van der Waals surface area contributed by atoms with Gasteiger partial charge in [0.15, 0.2) is 23.4 Å². The first-order chi connectivity index (χ1) is 10.5. The number of aliphatic imine (C=N–C) groups is 1. The van der Waals surface area contributed by atoms with Crippen LogP contribution in [0.15, 0.2) is 17.1 Å². The van der Waals surface area contributed by atoms with Gasteiger partial charge in [0.1, 0.15) is 0 Å². The van der Waals surface area contributed by atoms with Gasteiger partial charge in [-0.15, -0.1) is 0 Å². The van der Waals surface area contributed by atoms with Gasteiger partial charge in [0, 0.05) is 13.6 Å². The third kappa shape index (κ3) is 4.37. The molecule has 3 N–H and O–H groups in total. The van der Waals surface area contributed by atoms with Crippen molar-refractivity contribution in [3.05, 3.63) is 29.6 Å². The van der Waals surface area contributed by atoms with E-state index in [4.69, 9.17) is 0 Å². The number of anilines is 1. The monoisotopic (exact) mass is 314 g/mol. The highest BCUT2D eigenvalue weighted by Gasteiger charge is 2.21. The maximum atomic E-state index is 13.4. The van der Waals surface area contributed by atoms with Gasteiger partial charge in [-0.25, -0.2) is 13.2 Å². The van der Waals surface area contributed by atoms with Gasteiger partial charge in [0.25, 0.3) is 0 Å². The van der Waals surface area contributed by atoms with Crippen LogP contribution in [0.4, 0.5) is 18.9 Å². The van der Waals surface area contributed by atoms with E-state index in [1.54, 1.807) is 7.05 Å². The lowest BCUT2D eigenvalue weighted by Crippen LogP contribution is -2.42. The molecule has 1 aliphatic carbocycles. The molecule has 1 aromatic carbocycles. The van der Waals surface area contributed by atoms with Crippen LogP contribution in [0.2, 0.25) is 0 Å². The second-order valence-electron chi connectivity index (χ2n) is 5.02. The summed E-state index contributed by atoms with van der Waals surface area (Å²) >= 11 is 0. The largest absolute Gasteiger partial charge is 0.356 e. The van der Waals surface area contributed by atoms with E-state index < -0.39 is 29.0 Å². The summed E-state index contributed by atoms with van der Waals surface area (Å²) in [6.45, 7) is 0.599. The lowest BCUT2D eigenvalue weighted by Gasteiger charge is -2.12. The summed E-state index contributed by atoms with van der Waals surface area (Å²) in [5.74, 6) is -3.86.